The Kier molecular flexibility index (Phi) is 17.5. The van der Waals surface area contributed by atoms with E-state index in [1.54, 1.807) is 18.2 Å². The van der Waals surface area contributed by atoms with Crippen LogP contribution in [0.3, 0.4) is 0 Å². The van der Waals surface area contributed by atoms with Crippen LogP contribution in [0, 0.1) is 5.82 Å². The first-order chi connectivity index (χ1) is 8.39. The van der Waals surface area contributed by atoms with Crippen molar-refractivity contribution in [1.82, 2.24) is 0 Å². The Morgan fingerprint density at radius 1 is 0.529 bits per heavy atom. The lowest BCUT2D eigenvalue weighted by Crippen LogP contribution is -1.63. The molecule has 0 spiro atoms. The molecule has 0 heterocycles. The van der Waals surface area contributed by atoms with E-state index in [2.05, 4.69) is 0 Å². The van der Waals surface area contributed by atoms with Crippen molar-refractivity contribution in [3.8, 4) is 0 Å². The second kappa shape index (κ2) is 16.8. The van der Waals surface area contributed by atoms with E-state index in [-0.39, 0.29) is 5.82 Å². The first-order valence-corrected chi connectivity index (χ1v) is 6.10. The lowest BCUT2D eigenvalue weighted by molar-refractivity contribution is 0.628. The Morgan fingerprint density at radius 2 is 0.765 bits per heavy atom. The highest BCUT2D eigenvalue weighted by Gasteiger charge is 1.77. The molecule has 0 aromatic heterocycles. The molecule has 2 aromatic carbocycles. The molecule has 0 bridgehead atoms. The molecule has 0 aliphatic heterocycles. The van der Waals surface area contributed by atoms with Crippen molar-refractivity contribution < 1.29 is 4.39 Å². The van der Waals surface area contributed by atoms with Crippen LogP contribution in [0.25, 0.3) is 0 Å². The summed E-state index contributed by atoms with van der Waals surface area (Å²) in [6.45, 7) is 8.00. The van der Waals surface area contributed by atoms with Gasteiger partial charge in [-0.3, -0.25) is 0 Å². The van der Waals surface area contributed by atoms with E-state index in [9.17, 15) is 4.39 Å². The van der Waals surface area contributed by atoms with Crippen molar-refractivity contribution >= 4 is 0 Å². The molecule has 17 heavy (non-hydrogen) atoms. The van der Waals surface area contributed by atoms with Crippen molar-refractivity contribution in [2.75, 3.05) is 0 Å². The maximum atomic E-state index is 11.9. The van der Waals surface area contributed by atoms with Gasteiger partial charge in [-0.25, -0.2) is 4.39 Å². The average Bonchev–Trinajstić information content (AvgIpc) is 2.47. The fraction of sp³-hybridized carbons (Fsp3) is 0.250. The zero-order valence-corrected chi connectivity index (χ0v) is 11.2. The summed E-state index contributed by atoms with van der Waals surface area (Å²) >= 11 is 0. The molecule has 0 saturated heterocycles. The van der Waals surface area contributed by atoms with Gasteiger partial charge in [0.15, 0.2) is 0 Å². The lowest BCUT2D eigenvalue weighted by atomic mass is 10.4. The largest absolute Gasteiger partial charge is 0.207 e. The molecule has 0 aliphatic rings. The molecular formula is C16H23F. The molecule has 0 amide bonds. The van der Waals surface area contributed by atoms with Crippen LogP contribution in [0.5, 0.6) is 0 Å². The van der Waals surface area contributed by atoms with E-state index in [4.69, 9.17) is 0 Å². The summed E-state index contributed by atoms with van der Waals surface area (Å²) < 4.78 is 11.9. The monoisotopic (exact) mass is 234 g/mol. The van der Waals surface area contributed by atoms with Gasteiger partial charge in [0, 0.05) is 0 Å². The minimum absolute atomic E-state index is 0.178. The fourth-order valence-electron chi connectivity index (χ4n) is 0.800. The van der Waals surface area contributed by atoms with Crippen LogP contribution in [0.1, 0.15) is 27.7 Å². The van der Waals surface area contributed by atoms with Gasteiger partial charge in [0.25, 0.3) is 0 Å². The minimum Gasteiger partial charge on any atom is -0.207 e. The van der Waals surface area contributed by atoms with Crippen LogP contribution in [0.4, 0.5) is 4.39 Å². The van der Waals surface area contributed by atoms with Crippen LogP contribution in [0.15, 0.2) is 66.7 Å². The molecule has 0 fully saturated rings. The highest BCUT2D eigenvalue weighted by Crippen LogP contribution is 1.91. The highest BCUT2D eigenvalue weighted by molar-refractivity contribution is 5.02. The zero-order chi connectivity index (χ0) is 13.4. The average molecular weight is 234 g/mol. The zero-order valence-electron chi connectivity index (χ0n) is 11.2. The molecule has 0 atom stereocenters. The van der Waals surface area contributed by atoms with Crippen molar-refractivity contribution in [2.24, 2.45) is 0 Å². The van der Waals surface area contributed by atoms with E-state index in [1.807, 2.05) is 64.1 Å². The van der Waals surface area contributed by atoms with Crippen molar-refractivity contribution in [3.05, 3.63) is 72.5 Å². The summed E-state index contributed by atoms with van der Waals surface area (Å²) in [7, 11) is 0. The third-order valence-electron chi connectivity index (χ3n) is 1.40. The van der Waals surface area contributed by atoms with E-state index in [1.165, 1.54) is 12.1 Å². The summed E-state index contributed by atoms with van der Waals surface area (Å²) in [6, 6.07) is 19.9. The highest BCUT2D eigenvalue weighted by atomic mass is 19.1. The van der Waals surface area contributed by atoms with E-state index < -0.39 is 0 Å². The third-order valence-corrected chi connectivity index (χ3v) is 1.40. The maximum absolute atomic E-state index is 11.9. The standard InChI is InChI=1S/C6H5F.C6H6.2C2H6/c7-6-4-2-1-3-5-6;1-2-4-6-5-3-1;2*1-2/h1-5H;1-6H;2*1-2H3. The maximum Gasteiger partial charge on any atom is 0.123 e. The van der Waals surface area contributed by atoms with Crippen LogP contribution >= 0.6 is 0 Å². The Hall–Kier alpha value is -1.63. The van der Waals surface area contributed by atoms with Crippen LogP contribution < -0.4 is 0 Å². The smallest absolute Gasteiger partial charge is 0.123 e. The predicted molar refractivity (Wildman–Crippen MR) is 75.5 cm³/mol. The summed E-state index contributed by atoms with van der Waals surface area (Å²) in [4.78, 5) is 0. The lowest BCUT2D eigenvalue weighted by Gasteiger charge is -1.78. The van der Waals surface area contributed by atoms with Crippen molar-refractivity contribution in [3.63, 3.8) is 0 Å². The molecule has 0 N–H and O–H groups in total. The SMILES string of the molecule is CC.CC.Fc1ccccc1.c1ccccc1. The topological polar surface area (TPSA) is 0 Å². The van der Waals surface area contributed by atoms with Gasteiger partial charge in [-0.05, 0) is 12.1 Å². The van der Waals surface area contributed by atoms with Gasteiger partial charge in [0.1, 0.15) is 5.82 Å². The summed E-state index contributed by atoms with van der Waals surface area (Å²) in [5.41, 5.74) is 0. The molecule has 94 valence electrons. The number of halogens is 1. The number of benzene rings is 2. The number of hydrogen-bond donors (Lipinski definition) is 0. The molecule has 0 saturated carbocycles. The van der Waals surface area contributed by atoms with Gasteiger partial charge < -0.3 is 0 Å². The van der Waals surface area contributed by atoms with Gasteiger partial charge in [0.05, 0.1) is 0 Å². The number of rotatable bonds is 0. The molecule has 2 aromatic rings. The minimum atomic E-state index is -0.178. The molecule has 0 radical (unpaired) electrons. The normalized spacial score (nSPS) is 7.12. The number of hydrogen-bond acceptors (Lipinski definition) is 0. The molecule has 0 nitrogen and oxygen atoms in total. The van der Waals surface area contributed by atoms with Crippen LogP contribution in [-0.4, -0.2) is 0 Å². The predicted octanol–water partition coefficient (Wildman–Crippen LogP) is 5.56. The van der Waals surface area contributed by atoms with Gasteiger partial charge >= 0.3 is 0 Å². The fourth-order valence-corrected chi connectivity index (χ4v) is 0.800. The molecule has 2 rings (SSSR count). The summed E-state index contributed by atoms with van der Waals surface area (Å²) in [6.07, 6.45) is 0. The van der Waals surface area contributed by atoms with Crippen molar-refractivity contribution in [1.29, 1.82) is 0 Å². The Bertz CT molecular complexity index is 276. The first-order valence-electron chi connectivity index (χ1n) is 6.10. The van der Waals surface area contributed by atoms with Crippen molar-refractivity contribution in [2.45, 2.75) is 27.7 Å². The Balaban J connectivity index is 0. The van der Waals surface area contributed by atoms with E-state index >= 15 is 0 Å². The van der Waals surface area contributed by atoms with Crippen LogP contribution in [-0.2, 0) is 0 Å². The first kappa shape index (κ1) is 17.8. The Labute approximate surface area is 105 Å². The van der Waals surface area contributed by atoms with E-state index in [0.29, 0.717) is 0 Å². The molecule has 0 aliphatic carbocycles. The van der Waals surface area contributed by atoms with Gasteiger partial charge in [-0.2, -0.15) is 0 Å². The quantitative estimate of drug-likeness (QED) is 0.559. The second-order valence-corrected chi connectivity index (χ2v) is 2.45. The molecule has 1 heteroatoms. The Morgan fingerprint density at radius 3 is 0.941 bits per heavy atom. The van der Waals surface area contributed by atoms with Crippen LogP contribution in [0.2, 0.25) is 0 Å². The molecular weight excluding hydrogens is 211 g/mol. The third kappa shape index (κ3) is 14.4. The van der Waals surface area contributed by atoms with Gasteiger partial charge in [-0.1, -0.05) is 82.3 Å². The summed E-state index contributed by atoms with van der Waals surface area (Å²) in [5.74, 6) is -0.178. The van der Waals surface area contributed by atoms with E-state index in [0.717, 1.165) is 0 Å². The molecule has 0 unspecified atom stereocenters. The van der Waals surface area contributed by atoms with Gasteiger partial charge in [-0.15, -0.1) is 0 Å². The second-order valence-electron chi connectivity index (χ2n) is 2.45. The summed E-state index contributed by atoms with van der Waals surface area (Å²) in [5, 5.41) is 0. The van der Waals surface area contributed by atoms with Gasteiger partial charge in [0.2, 0.25) is 0 Å².